The molecule has 7 heteroatoms. The lowest BCUT2D eigenvalue weighted by molar-refractivity contribution is -0.114. The van der Waals surface area contributed by atoms with Crippen LogP contribution < -0.4 is 5.32 Å². The van der Waals surface area contributed by atoms with Gasteiger partial charge in [-0.15, -0.1) is 0 Å². The lowest BCUT2D eigenvalue weighted by Gasteiger charge is -2.08. The Morgan fingerprint density at radius 3 is 2.38 bits per heavy atom. The summed E-state index contributed by atoms with van der Waals surface area (Å²) in [5.41, 5.74) is 2.11. The van der Waals surface area contributed by atoms with Gasteiger partial charge in [-0.05, 0) is 45.0 Å². The number of ketones is 1. The molecule has 0 spiro atoms. The summed E-state index contributed by atoms with van der Waals surface area (Å²) < 4.78 is 21.1. The zero-order valence-corrected chi connectivity index (χ0v) is 15.2. The first-order chi connectivity index (χ1) is 12.2. The molecular weight excluding hydrogens is 339 g/mol. The van der Waals surface area contributed by atoms with Crippen molar-refractivity contribution in [1.82, 2.24) is 4.57 Å². The normalized spacial score (nSPS) is 10.5. The maximum absolute atomic E-state index is 14.0. The number of ether oxygens (including phenoxy) is 1. The summed E-state index contributed by atoms with van der Waals surface area (Å²) in [5.74, 6) is -2.42. The fourth-order valence-electron chi connectivity index (χ4n) is 2.80. The van der Waals surface area contributed by atoms with Crippen molar-refractivity contribution in [3.05, 3.63) is 52.6 Å². The van der Waals surface area contributed by atoms with Crippen molar-refractivity contribution in [1.29, 1.82) is 0 Å². The van der Waals surface area contributed by atoms with Gasteiger partial charge < -0.3 is 14.6 Å². The van der Waals surface area contributed by atoms with E-state index >= 15 is 0 Å². The molecule has 0 saturated carbocycles. The third-order valence-corrected chi connectivity index (χ3v) is 4.03. The molecule has 26 heavy (non-hydrogen) atoms. The fourth-order valence-corrected chi connectivity index (χ4v) is 2.80. The lowest BCUT2D eigenvalue weighted by Crippen LogP contribution is -2.16. The Bertz CT molecular complexity index is 871. The van der Waals surface area contributed by atoms with E-state index in [9.17, 15) is 18.8 Å². The highest BCUT2D eigenvalue weighted by atomic mass is 19.1. The van der Waals surface area contributed by atoms with Gasteiger partial charge >= 0.3 is 5.97 Å². The maximum atomic E-state index is 14.0. The van der Waals surface area contributed by atoms with Crippen LogP contribution in [0.25, 0.3) is 0 Å². The van der Waals surface area contributed by atoms with Crippen molar-refractivity contribution < 1.29 is 23.5 Å². The van der Waals surface area contributed by atoms with Gasteiger partial charge in [-0.2, -0.15) is 0 Å². The second-order valence-electron chi connectivity index (χ2n) is 5.90. The van der Waals surface area contributed by atoms with Crippen molar-refractivity contribution in [3.63, 3.8) is 0 Å². The number of halogens is 1. The Balaban J connectivity index is 2.07. The molecule has 138 valence electrons. The summed E-state index contributed by atoms with van der Waals surface area (Å²) in [7, 11) is 0. The first-order valence-electron chi connectivity index (χ1n) is 8.18. The molecule has 2 aromatic rings. The number of amides is 1. The molecule has 1 aromatic heterocycles. The molecule has 0 bridgehead atoms. The Hall–Kier alpha value is -2.96. The molecule has 0 unspecified atom stereocenters. The Morgan fingerprint density at radius 2 is 1.85 bits per heavy atom. The second-order valence-corrected chi connectivity index (χ2v) is 5.90. The summed E-state index contributed by atoms with van der Waals surface area (Å²) >= 11 is 0. The number of aromatic nitrogens is 1. The number of benzene rings is 1. The number of carbonyl (C=O) groups is 3. The number of carbonyl (C=O) groups excluding carboxylic acids is 3. The van der Waals surface area contributed by atoms with Gasteiger partial charge in [-0.1, -0.05) is 0 Å². The largest absolute Gasteiger partial charge is 0.454 e. The molecule has 0 atom stereocenters. The van der Waals surface area contributed by atoms with Crippen LogP contribution in [0.3, 0.4) is 0 Å². The molecule has 1 amide bonds. The quantitative estimate of drug-likeness (QED) is 0.634. The van der Waals surface area contributed by atoms with Gasteiger partial charge in [0.05, 0.1) is 11.1 Å². The van der Waals surface area contributed by atoms with Crippen molar-refractivity contribution in [2.24, 2.45) is 0 Å². The van der Waals surface area contributed by atoms with Crippen molar-refractivity contribution in [2.45, 2.75) is 34.2 Å². The molecule has 1 N–H and O–H groups in total. The zero-order chi connectivity index (χ0) is 19.4. The van der Waals surface area contributed by atoms with E-state index in [0.717, 1.165) is 24.0 Å². The van der Waals surface area contributed by atoms with Crippen molar-refractivity contribution in [2.75, 3.05) is 11.9 Å². The van der Waals surface area contributed by atoms with E-state index in [0.29, 0.717) is 5.56 Å². The van der Waals surface area contributed by atoms with Crippen LogP contribution >= 0.6 is 0 Å². The SMILES string of the molecule is CCn1c(C)cc(C(=O)OCC(=O)c2ccc(NC(C)=O)cc2F)c1C. The first kappa shape index (κ1) is 19.4. The van der Waals surface area contributed by atoms with E-state index in [-0.39, 0.29) is 17.2 Å². The predicted octanol–water partition coefficient (Wildman–Crippen LogP) is 3.26. The van der Waals surface area contributed by atoms with E-state index < -0.39 is 24.2 Å². The van der Waals surface area contributed by atoms with Gasteiger partial charge in [0.15, 0.2) is 6.61 Å². The Kier molecular flexibility index (Phi) is 5.92. The van der Waals surface area contributed by atoms with E-state index in [1.807, 2.05) is 18.4 Å². The summed E-state index contributed by atoms with van der Waals surface area (Å²) in [6, 6.07) is 5.41. The topological polar surface area (TPSA) is 77.4 Å². The molecule has 6 nitrogen and oxygen atoms in total. The highest BCUT2D eigenvalue weighted by Gasteiger charge is 2.19. The number of hydrogen-bond acceptors (Lipinski definition) is 4. The van der Waals surface area contributed by atoms with Crippen LogP contribution in [0, 0.1) is 19.7 Å². The zero-order valence-electron chi connectivity index (χ0n) is 15.2. The minimum Gasteiger partial charge on any atom is -0.454 e. The van der Waals surface area contributed by atoms with E-state index in [2.05, 4.69) is 5.32 Å². The monoisotopic (exact) mass is 360 g/mol. The van der Waals surface area contributed by atoms with Crippen molar-refractivity contribution >= 4 is 23.3 Å². The smallest absolute Gasteiger partial charge is 0.340 e. The lowest BCUT2D eigenvalue weighted by atomic mass is 10.1. The second kappa shape index (κ2) is 7.95. The number of Topliss-reactive ketones (excluding diaryl/α,β-unsaturated/α-hetero) is 1. The number of nitrogens with one attached hydrogen (secondary N) is 1. The summed E-state index contributed by atoms with van der Waals surface area (Å²) in [4.78, 5) is 35.3. The van der Waals surface area contributed by atoms with Crippen molar-refractivity contribution in [3.8, 4) is 0 Å². The number of nitrogens with zero attached hydrogens (tertiary/aromatic N) is 1. The molecule has 0 aliphatic heterocycles. The molecule has 2 rings (SSSR count). The minimum absolute atomic E-state index is 0.203. The van der Waals surface area contributed by atoms with E-state index in [4.69, 9.17) is 4.74 Å². The average Bonchev–Trinajstić information content (AvgIpc) is 2.85. The molecule has 0 aliphatic carbocycles. The number of esters is 1. The van der Waals surface area contributed by atoms with Gasteiger partial charge in [0, 0.05) is 30.5 Å². The van der Waals surface area contributed by atoms with Gasteiger partial charge in [-0.3, -0.25) is 9.59 Å². The van der Waals surface area contributed by atoms with E-state index in [1.54, 1.807) is 13.0 Å². The molecule has 0 fully saturated rings. The molecule has 1 aromatic carbocycles. The van der Waals surface area contributed by atoms with Crippen LogP contribution in [-0.2, 0) is 16.1 Å². The summed E-state index contributed by atoms with van der Waals surface area (Å²) in [5, 5.41) is 2.42. The Morgan fingerprint density at radius 1 is 1.15 bits per heavy atom. The highest BCUT2D eigenvalue weighted by Crippen LogP contribution is 2.18. The molecule has 0 aliphatic rings. The minimum atomic E-state index is -0.790. The standard InChI is InChI=1S/C19H21FN2O4/c1-5-22-11(2)8-16(12(22)3)19(25)26-10-18(24)15-7-6-14(9-17(15)20)21-13(4)23/h6-9H,5,10H2,1-4H3,(H,21,23). The molecular formula is C19H21FN2O4. The number of anilines is 1. The van der Waals surface area contributed by atoms with Gasteiger partial charge in [0.2, 0.25) is 11.7 Å². The number of rotatable bonds is 6. The maximum Gasteiger partial charge on any atom is 0.340 e. The van der Waals surface area contributed by atoms with Gasteiger partial charge in [0.1, 0.15) is 5.82 Å². The van der Waals surface area contributed by atoms with Crippen LogP contribution in [0.15, 0.2) is 24.3 Å². The molecule has 1 heterocycles. The van der Waals surface area contributed by atoms with Crippen LogP contribution in [0.5, 0.6) is 0 Å². The summed E-state index contributed by atoms with van der Waals surface area (Å²) in [6.07, 6.45) is 0. The van der Waals surface area contributed by atoms with Crippen LogP contribution in [-0.4, -0.2) is 28.8 Å². The Labute approximate surface area is 151 Å². The number of aryl methyl sites for hydroxylation is 1. The predicted molar refractivity (Wildman–Crippen MR) is 94.9 cm³/mol. The third-order valence-electron chi connectivity index (χ3n) is 4.03. The third kappa shape index (κ3) is 4.17. The van der Waals surface area contributed by atoms with Crippen LogP contribution in [0.2, 0.25) is 0 Å². The molecule has 0 radical (unpaired) electrons. The summed E-state index contributed by atoms with van der Waals surface area (Å²) in [6.45, 7) is 7.10. The van der Waals surface area contributed by atoms with Gasteiger partial charge in [0.25, 0.3) is 0 Å². The highest BCUT2D eigenvalue weighted by molar-refractivity contribution is 6.00. The fraction of sp³-hybridized carbons (Fsp3) is 0.316. The average molecular weight is 360 g/mol. The van der Waals surface area contributed by atoms with Crippen LogP contribution in [0.1, 0.15) is 46.0 Å². The molecule has 0 saturated heterocycles. The van der Waals surface area contributed by atoms with E-state index in [1.165, 1.54) is 19.1 Å². The number of hydrogen-bond donors (Lipinski definition) is 1. The van der Waals surface area contributed by atoms with Gasteiger partial charge in [-0.25, -0.2) is 9.18 Å². The first-order valence-corrected chi connectivity index (χ1v) is 8.18. The van der Waals surface area contributed by atoms with Crippen LogP contribution in [0.4, 0.5) is 10.1 Å².